The fourth-order valence-corrected chi connectivity index (χ4v) is 5.04. The maximum Gasteiger partial charge on any atom is 0.257 e. The molecule has 1 aromatic heterocycles. The largest absolute Gasteiger partial charge is 0.487 e. The van der Waals surface area contributed by atoms with Gasteiger partial charge >= 0.3 is 0 Å². The minimum absolute atomic E-state index is 0.00239. The van der Waals surface area contributed by atoms with Crippen molar-refractivity contribution in [1.82, 2.24) is 14.9 Å². The van der Waals surface area contributed by atoms with Crippen LogP contribution in [0.25, 0.3) is 0 Å². The smallest absolute Gasteiger partial charge is 0.257 e. The molecule has 0 radical (unpaired) electrons. The van der Waals surface area contributed by atoms with Crippen LogP contribution >= 0.6 is 0 Å². The molecule has 2 fully saturated rings. The predicted octanol–water partition coefficient (Wildman–Crippen LogP) is 3.32. The van der Waals surface area contributed by atoms with E-state index in [-0.39, 0.29) is 35.7 Å². The van der Waals surface area contributed by atoms with Crippen molar-refractivity contribution in [1.29, 1.82) is 0 Å². The van der Waals surface area contributed by atoms with Crippen molar-refractivity contribution in [3.63, 3.8) is 0 Å². The lowest BCUT2D eigenvalue weighted by molar-refractivity contribution is -0.159. The highest BCUT2D eigenvalue weighted by Gasteiger charge is 2.53. The quantitative estimate of drug-likeness (QED) is 0.761. The van der Waals surface area contributed by atoms with E-state index in [0.29, 0.717) is 17.8 Å². The van der Waals surface area contributed by atoms with Gasteiger partial charge in [0.2, 0.25) is 0 Å². The monoisotopic (exact) mass is 379 g/mol. The van der Waals surface area contributed by atoms with Gasteiger partial charge in [0.15, 0.2) is 0 Å². The van der Waals surface area contributed by atoms with Gasteiger partial charge in [0.05, 0.1) is 29.5 Å². The number of rotatable bonds is 1. The second kappa shape index (κ2) is 6.27. The number of fused-ring (bicyclic) bond motifs is 4. The first kappa shape index (κ1) is 17.6. The van der Waals surface area contributed by atoms with E-state index < -0.39 is 0 Å². The summed E-state index contributed by atoms with van der Waals surface area (Å²) in [6.45, 7) is 6.80. The average molecular weight is 379 g/mol. The molecule has 0 spiro atoms. The van der Waals surface area contributed by atoms with Crippen LogP contribution in [0.5, 0.6) is 5.75 Å². The first-order chi connectivity index (χ1) is 13.5. The zero-order chi connectivity index (χ0) is 19.5. The Labute approximate surface area is 164 Å². The Kier molecular flexibility index (Phi) is 3.95. The molecule has 2 saturated heterocycles. The highest BCUT2D eigenvalue weighted by Crippen LogP contribution is 2.52. The Morgan fingerprint density at radius 3 is 2.93 bits per heavy atom. The van der Waals surface area contributed by atoms with Crippen molar-refractivity contribution in [2.75, 3.05) is 6.54 Å². The summed E-state index contributed by atoms with van der Waals surface area (Å²) in [4.78, 5) is 23.4. The lowest BCUT2D eigenvalue weighted by Crippen LogP contribution is -2.54. The van der Waals surface area contributed by atoms with Crippen LogP contribution in [-0.4, -0.2) is 45.1 Å². The number of para-hydroxylation sites is 1. The molecule has 3 aliphatic heterocycles. The lowest BCUT2D eigenvalue weighted by Gasteiger charge is -2.50. The summed E-state index contributed by atoms with van der Waals surface area (Å²) in [5.74, 6) is 1.10. The van der Waals surface area contributed by atoms with Crippen LogP contribution in [0.4, 0.5) is 0 Å². The molecular weight excluding hydrogens is 354 g/mol. The number of ether oxygens (including phenoxy) is 2. The van der Waals surface area contributed by atoms with E-state index in [1.165, 1.54) is 6.33 Å². The Hall–Kier alpha value is -2.47. The number of likely N-dealkylation sites (tertiary alicyclic amines) is 1. The summed E-state index contributed by atoms with van der Waals surface area (Å²) >= 11 is 0. The molecule has 2 aromatic rings. The van der Waals surface area contributed by atoms with Gasteiger partial charge in [0.25, 0.3) is 5.91 Å². The average Bonchev–Trinajstić information content (AvgIpc) is 3.09. The van der Waals surface area contributed by atoms with E-state index in [2.05, 4.69) is 29.9 Å². The highest BCUT2D eigenvalue weighted by molar-refractivity contribution is 5.95. The number of carbonyl (C=O) groups is 1. The van der Waals surface area contributed by atoms with Gasteiger partial charge in [-0.1, -0.05) is 18.2 Å². The second-order valence-corrected chi connectivity index (χ2v) is 8.56. The zero-order valence-corrected chi connectivity index (χ0v) is 16.5. The molecule has 6 nitrogen and oxygen atoms in total. The first-order valence-corrected chi connectivity index (χ1v) is 9.96. The van der Waals surface area contributed by atoms with E-state index >= 15 is 0 Å². The van der Waals surface area contributed by atoms with Crippen LogP contribution in [0.2, 0.25) is 0 Å². The minimum Gasteiger partial charge on any atom is -0.487 e. The van der Waals surface area contributed by atoms with Crippen molar-refractivity contribution in [2.45, 2.75) is 57.5 Å². The van der Waals surface area contributed by atoms with Crippen LogP contribution in [0.15, 0.2) is 36.8 Å². The molecule has 3 aliphatic rings. The van der Waals surface area contributed by atoms with Gasteiger partial charge in [-0.2, -0.15) is 0 Å². The molecule has 0 N–H and O–H groups in total. The van der Waals surface area contributed by atoms with Crippen molar-refractivity contribution in [2.24, 2.45) is 5.92 Å². The van der Waals surface area contributed by atoms with E-state index in [1.807, 2.05) is 30.0 Å². The topological polar surface area (TPSA) is 64.6 Å². The van der Waals surface area contributed by atoms with Gasteiger partial charge in [-0.25, -0.2) is 9.97 Å². The molecule has 0 bridgehead atoms. The van der Waals surface area contributed by atoms with Crippen LogP contribution in [-0.2, 0) is 4.74 Å². The molecule has 1 aromatic carbocycles. The normalized spacial score (nSPS) is 30.0. The maximum atomic E-state index is 13.2. The first-order valence-electron chi connectivity index (χ1n) is 9.96. The van der Waals surface area contributed by atoms with Crippen molar-refractivity contribution in [3.05, 3.63) is 53.6 Å². The number of hydrogen-bond acceptors (Lipinski definition) is 5. The van der Waals surface area contributed by atoms with E-state index in [4.69, 9.17) is 9.47 Å². The Bertz CT molecular complexity index is 929. The van der Waals surface area contributed by atoms with Crippen LogP contribution < -0.4 is 4.74 Å². The van der Waals surface area contributed by atoms with Gasteiger partial charge in [-0.3, -0.25) is 4.79 Å². The fraction of sp³-hybridized carbons (Fsp3) is 0.500. The van der Waals surface area contributed by atoms with Crippen LogP contribution in [0.1, 0.15) is 54.4 Å². The standard InChI is InChI=1S/C22H25N3O3/c1-13-15(11-23-12-24-13)21(26)25-9-8-19-17(25)10-16-20(27-19)14-6-4-5-7-18(14)28-22(16,2)3/h4-7,11-12,16-17,19-20H,8-10H2,1-3H3/t16-,17-,19-,20+/m1/s1. The summed E-state index contributed by atoms with van der Waals surface area (Å²) < 4.78 is 13.0. The molecule has 1 amide bonds. The SMILES string of the molecule is Cc1ncncc1C(=O)N1CC[C@H]2O[C@H]3c4ccccc4OC(C)(C)[C@@H]3C[C@H]21. The minimum atomic E-state index is -0.354. The molecule has 4 heterocycles. The molecule has 6 heteroatoms. The molecule has 0 aliphatic carbocycles. The molecule has 0 unspecified atom stereocenters. The van der Waals surface area contributed by atoms with Crippen LogP contribution in [0, 0.1) is 12.8 Å². The number of amides is 1. The second-order valence-electron chi connectivity index (χ2n) is 8.56. The number of nitrogens with zero attached hydrogens (tertiary/aromatic N) is 3. The van der Waals surface area contributed by atoms with Crippen molar-refractivity contribution < 1.29 is 14.3 Å². The molecular formula is C22H25N3O3. The summed E-state index contributed by atoms with van der Waals surface area (Å²) in [7, 11) is 0. The molecule has 4 atom stereocenters. The summed E-state index contributed by atoms with van der Waals surface area (Å²) in [5.41, 5.74) is 2.07. The number of hydrogen-bond donors (Lipinski definition) is 0. The third kappa shape index (κ3) is 2.62. The zero-order valence-electron chi connectivity index (χ0n) is 16.5. The van der Waals surface area contributed by atoms with E-state index in [1.54, 1.807) is 6.20 Å². The highest BCUT2D eigenvalue weighted by atomic mass is 16.5. The fourth-order valence-electron chi connectivity index (χ4n) is 5.04. The Morgan fingerprint density at radius 2 is 2.11 bits per heavy atom. The van der Waals surface area contributed by atoms with Crippen molar-refractivity contribution in [3.8, 4) is 5.75 Å². The van der Waals surface area contributed by atoms with Gasteiger partial charge in [0, 0.05) is 24.2 Å². The number of benzene rings is 1. The third-order valence-corrected chi connectivity index (χ3v) is 6.56. The molecule has 28 heavy (non-hydrogen) atoms. The Morgan fingerprint density at radius 1 is 1.29 bits per heavy atom. The number of aromatic nitrogens is 2. The maximum absolute atomic E-state index is 13.2. The number of aryl methyl sites for hydroxylation is 1. The van der Waals surface area contributed by atoms with E-state index in [0.717, 1.165) is 24.2 Å². The third-order valence-electron chi connectivity index (χ3n) is 6.56. The molecule has 146 valence electrons. The van der Waals surface area contributed by atoms with Crippen LogP contribution in [0.3, 0.4) is 0 Å². The lowest BCUT2D eigenvalue weighted by atomic mass is 9.74. The summed E-state index contributed by atoms with van der Waals surface area (Å²) in [5, 5.41) is 0. The number of carbonyl (C=O) groups excluding carboxylic acids is 1. The van der Waals surface area contributed by atoms with Gasteiger partial charge < -0.3 is 14.4 Å². The van der Waals surface area contributed by atoms with Gasteiger partial charge in [-0.05, 0) is 39.7 Å². The molecule has 0 saturated carbocycles. The summed E-state index contributed by atoms with van der Waals surface area (Å²) in [6, 6.07) is 8.22. The summed E-state index contributed by atoms with van der Waals surface area (Å²) in [6.07, 6.45) is 4.89. The Balaban J connectivity index is 1.46. The van der Waals surface area contributed by atoms with Gasteiger partial charge in [0.1, 0.15) is 17.7 Å². The predicted molar refractivity (Wildman–Crippen MR) is 103 cm³/mol. The van der Waals surface area contributed by atoms with Crippen molar-refractivity contribution >= 4 is 5.91 Å². The van der Waals surface area contributed by atoms with Gasteiger partial charge in [-0.15, -0.1) is 0 Å². The van der Waals surface area contributed by atoms with E-state index in [9.17, 15) is 4.79 Å². The molecule has 5 rings (SSSR count).